The first kappa shape index (κ1) is 18.0. The van der Waals surface area contributed by atoms with Gasteiger partial charge in [0.15, 0.2) is 16.4 Å². The Kier molecular flexibility index (Phi) is 4.93. The summed E-state index contributed by atoms with van der Waals surface area (Å²) in [6.45, 7) is 3.63. The number of carbonyl (C=O) groups excluding carboxylic acids is 1. The number of ketones is 1. The van der Waals surface area contributed by atoms with Crippen LogP contribution in [0, 0.1) is 13.8 Å². The minimum absolute atomic E-state index is 0.101. The van der Waals surface area contributed by atoms with Crippen molar-refractivity contribution in [3.8, 4) is 5.75 Å². The van der Waals surface area contributed by atoms with Crippen LogP contribution in [0.15, 0.2) is 30.3 Å². The highest BCUT2D eigenvalue weighted by atomic mass is 35.5. The SMILES string of the molecule is Cc1cc(C(=O)COc2ccccc2Cl)c(C)n1[C@@H]1CCS(=O)(=O)C1. The van der Waals surface area contributed by atoms with Crippen molar-refractivity contribution in [1.82, 2.24) is 4.57 Å². The highest BCUT2D eigenvalue weighted by Gasteiger charge is 2.31. The first-order chi connectivity index (χ1) is 11.8. The van der Waals surface area contributed by atoms with Gasteiger partial charge in [-0.25, -0.2) is 8.42 Å². The molecular weight excluding hydrogens is 362 g/mol. The molecule has 1 aliphatic heterocycles. The molecule has 1 aromatic carbocycles. The van der Waals surface area contributed by atoms with E-state index in [1.54, 1.807) is 30.3 Å². The van der Waals surface area contributed by atoms with Gasteiger partial charge in [0.05, 0.1) is 16.5 Å². The Morgan fingerprint density at radius 3 is 2.68 bits per heavy atom. The molecule has 0 saturated carbocycles. The lowest BCUT2D eigenvalue weighted by Gasteiger charge is -2.16. The number of Topliss-reactive ketones (excluding diaryl/α,β-unsaturated/α-hetero) is 1. The molecule has 0 aliphatic carbocycles. The molecule has 134 valence electrons. The second-order valence-electron chi connectivity index (χ2n) is 6.35. The lowest BCUT2D eigenvalue weighted by Crippen LogP contribution is -2.16. The molecule has 1 fully saturated rings. The number of aryl methyl sites for hydroxylation is 1. The molecule has 3 rings (SSSR count). The predicted molar refractivity (Wildman–Crippen MR) is 97.5 cm³/mol. The Labute approximate surface area is 152 Å². The van der Waals surface area contributed by atoms with Gasteiger partial charge in [-0.05, 0) is 38.5 Å². The summed E-state index contributed by atoms with van der Waals surface area (Å²) in [5.41, 5.74) is 2.24. The van der Waals surface area contributed by atoms with Crippen molar-refractivity contribution < 1.29 is 17.9 Å². The lowest BCUT2D eigenvalue weighted by molar-refractivity contribution is 0.0921. The predicted octanol–water partition coefficient (Wildman–Crippen LogP) is 3.38. The molecule has 1 saturated heterocycles. The molecule has 1 aliphatic rings. The number of benzene rings is 1. The normalized spacial score (nSPS) is 19.1. The molecular formula is C18H20ClNO4S. The van der Waals surface area contributed by atoms with Crippen molar-refractivity contribution >= 4 is 27.2 Å². The average Bonchev–Trinajstić information content (AvgIpc) is 3.05. The summed E-state index contributed by atoms with van der Waals surface area (Å²) in [6.07, 6.45) is 0.586. The Bertz CT molecular complexity index is 917. The van der Waals surface area contributed by atoms with Crippen molar-refractivity contribution in [3.05, 3.63) is 52.3 Å². The lowest BCUT2D eigenvalue weighted by atomic mass is 10.1. The van der Waals surface area contributed by atoms with Crippen LogP contribution in [0.2, 0.25) is 5.02 Å². The van der Waals surface area contributed by atoms with Crippen LogP contribution in [0.4, 0.5) is 0 Å². The molecule has 25 heavy (non-hydrogen) atoms. The first-order valence-corrected chi connectivity index (χ1v) is 10.3. The van der Waals surface area contributed by atoms with Gasteiger partial charge in [0.2, 0.25) is 5.78 Å². The van der Waals surface area contributed by atoms with Gasteiger partial charge < -0.3 is 9.30 Å². The third-order valence-electron chi connectivity index (χ3n) is 4.55. The fourth-order valence-electron chi connectivity index (χ4n) is 3.38. The zero-order chi connectivity index (χ0) is 18.2. The van der Waals surface area contributed by atoms with Crippen LogP contribution in [0.3, 0.4) is 0 Å². The molecule has 7 heteroatoms. The summed E-state index contributed by atoms with van der Waals surface area (Å²) in [6, 6.07) is 8.70. The summed E-state index contributed by atoms with van der Waals surface area (Å²) in [4.78, 5) is 12.6. The van der Waals surface area contributed by atoms with E-state index in [2.05, 4.69) is 0 Å². The molecule has 0 N–H and O–H groups in total. The number of nitrogens with zero attached hydrogens (tertiary/aromatic N) is 1. The van der Waals surface area contributed by atoms with Gasteiger partial charge in [-0.3, -0.25) is 4.79 Å². The van der Waals surface area contributed by atoms with E-state index in [1.165, 1.54) is 0 Å². The highest BCUT2D eigenvalue weighted by molar-refractivity contribution is 7.91. The highest BCUT2D eigenvalue weighted by Crippen LogP contribution is 2.29. The molecule has 0 amide bonds. The zero-order valence-corrected chi connectivity index (χ0v) is 15.7. The minimum Gasteiger partial charge on any atom is -0.484 e. The van der Waals surface area contributed by atoms with Crippen LogP contribution in [0.25, 0.3) is 0 Å². The molecule has 2 heterocycles. The summed E-state index contributed by atoms with van der Waals surface area (Å²) < 4.78 is 31.0. The Balaban J connectivity index is 1.78. The molecule has 0 bridgehead atoms. The molecule has 1 aromatic heterocycles. The Morgan fingerprint density at radius 2 is 2.04 bits per heavy atom. The maximum Gasteiger partial charge on any atom is 0.202 e. The van der Waals surface area contributed by atoms with Crippen LogP contribution in [-0.2, 0) is 9.84 Å². The summed E-state index contributed by atoms with van der Waals surface area (Å²) in [5, 5.41) is 0.455. The van der Waals surface area contributed by atoms with Crippen molar-refractivity contribution in [2.24, 2.45) is 0 Å². The average molecular weight is 382 g/mol. The number of sulfone groups is 1. The number of hydrogen-bond donors (Lipinski definition) is 0. The van der Waals surface area contributed by atoms with E-state index >= 15 is 0 Å². The fraction of sp³-hybridized carbons (Fsp3) is 0.389. The Hall–Kier alpha value is -1.79. The monoisotopic (exact) mass is 381 g/mol. The number of ether oxygens (including phenoxy) is 1. The molecule has 0 spiro atoms. The van der Waals surface area contributed by atoms with Crippen molar-refractivity contribution in [3.63, 3.8) is 0 Å². The summed E-state index contributed by atoms with van der Waals surface area (Å²) in [5.74, 6) is 0.647. The van der Waals surface area contributed by atoms with Gasteiger partial charge in [-0.15, -0.1) is 0 Å². The topological polar surface area (TPSA) is 65.4 Å². The maximum absolute atomic E-state index is 12.6. The van der Waals surface area contributed by atoms with E-state index in [-0.39, 0.29) is 29.9 Å². The zero-order valence-electron chi connectivity index (χ0n) is 14.2. The third-order valence-corrected chi connectivity index (χ3v) is 6.62. The van der Waals surface area contributed by atoms with Gasteiger partial charge in [0.1, 0.15) is 5.75 Å². The molecule has 0 radical (unpaired) electrons. The summed E-state index contributed by atoms with van der Waals surface area (Å²) in [7, 11) is -2.98. The van der Waals surface area contributed by atoms with Crippen LogP contribution >= 0.6 is 11.6 Å². The summed E-state index contributed by atoms with van der Waals surface area (Å²) >= 11 is 6.03. The van der Waals surface area contributed by atoms with Crippen LogP contribution in [-0.4, -0.2) is 36.9 Å². The van der Waals surface area contributed by atoms with Crippen molar-refractivity contribution in [2.75, 3.05) is 18.1 Å². The standard InChI is InChI=1S/C18H20ClNO4S/c1-12-9-15(13(2)20(12)14-7-8-25(22,23)11-14)17(21)10-24-18-6-4-3-5-16(18)19/h3-6,9,14H,7-8,10-11H2,1-2H3/t14-/m1/s1. The number of hydrogen-bond acceptors (Lipinski definition) is 4. The molecule has 1 atom stereocenters. The van der Waals surface area contributed by atoms with E-state index < -0.39 is 9.84 Å². The number of para-hydroxylation sites is 1. The quantitative estimate of drug-likeness (QED) is 0.745. The minimum atomic E-state index is -2.98. The molecule has 2 aromatic rings. The van der Waals surface area contributed by atoms with Gasteiger partial charge in [-0.1, -0.05) is 23.7 Å². The van der Waals surface area contributed by atoms with Gasteiger partial charge in [-0.2, -0.15) is 0 Å². The molecule has 0 unspecified atom stereocenters. The first-order valence-electron chi connectivity index (χ1n) is 8.08. The van der Waals surface area contributed by atoms with Crippen molar-refractivity contribution in [2.45, 2.75) is 26.3 Å². The van der Waals surface area contributed by atoms with Crippen LogP contribution < -0.4 is 4.74 Å². The van der Waals surface area contributed by atoms with E-state index in [0.717, 1.165) is 11.4 Å². The van der Waals surface area contributed by atoms with Crippen LogP contribution in [0.1, 0.15) is 34.2 Å². The van der Waals surface area contributed by atoms with Gasteiger partial charge in [0, 0.05) is 23.0 Å². The van der Waals surface area contributed by atoms with Gasteiger partial charge >= 0.3 is 0 Å². The number of halogens is 1. The number of rotatable bonds is 5. The van der Waals surface area contributed by atoms with Crippen LogP contribution in [0.5, 0.6) is 5.75 Å². The van der Waals surface area contributed by atoms with E-state index in [1.807, 2.05) is 18.4 Å². The number of carbonyl (C=O) groups is 1. The van der Waals surface area contributed by atoms with E-state index in [9.17, 15) is 13.2 Å². The second-order valence-corrected chi connectivity index (χ2v) is 8.99. The van der Waals surface area contributed by atoms with Gasteiger partial charge in [0.25, 0.3) is 0 Å². The number of aromatic nitrogens is 1. The third kappa shape index (κ3) is 3.75. The van der Waals surface area contributed by atoms with E-state index in [0.29, 0.717) is 22.8 Å². The maximum atomic E-state index is 12.6. The smallest absolute Gasteiger partial charge is 0.202 e. The largest absolute Gasteiger partial charge is 0.484 e. The second kappa shape index (κ2) is 6.84. The fourth-order valence-corrected chi connectivity index (χ4v) is 5.27. The molecule has 5 nitrogen and oxygen atoms in total. The Morgan fingerprint density at radius 1 is 1.32 bits per heavy atom. The van der Waals surface area contributed by atoms with Crippen molar-refractivity contribution in [1.29, 1.82) is 0 Å². The van der Waals surface area contributed by atoms with E-state index in [4.69, 9.17) is 16.3 Å².